The highest BCUT2D eigenvalue weighted by Crippen LogP contribution is 2.25. The molecule has 0 fully saturated rings. The van der Waals surface area contributed by atoms with Crippen LogP contribution in [-0.2, 0) is 18.6 Å². The van der Waals surface area contributed by atoms with Gasteiger partial charge in [-0.25, -0.2) is 0 Å². The molecule has 1 heterocycles. The van der Waals surface area contributed by atoms with Crippen molar-refractivity contribution >= 4 is 22.4 Å². The summed E-state index contributed by atoms with van der Waals surface area (Å²) in [6, 6.07) is 30.3. The molecule has 1 aromatic heterocycles. The maximum Gasteiger partial charge on any atom is 0.255 e. The predicted octanol–water partition coefficient (Wildman–Crippen LogP) is 7.21. The van der Waals surface area contributed by atoms with Crippen LogP contribution in [0.15, 0.2) is 103 Å². The van der Waals surface area contributed by atoms with E-state index >= 15 is 0 Å². The minimum absolute atomic E-state index is 0.104. The molecule has 0 saturated carbocycles. The molecule has 0 spiro atoms. The number of nitrogens with zero attached hydrogens (tertiary/aromatic N) is 2. The number of fused-ring (bicyclic) bond motifs is 1. The van der Waals surface area contributed by atoms with Crippen molar-refractivity contribution in [1.82, 2.24) is 9.78 Å². The van der Waals surface area contributed by atoms with Crippen molar-refractivity contribution in [2.24, 2.45) is 0 Å². The molecule has 0 unspecified atom stereocenters. The summed E-state index contributed by atoms with van der Waals surface area (Å²) in [5.41, 5.74) is 4.71. The van der Waals surface area contributed by atoms with Crippen molar-refractivity contribution in [2.45, 2.75) is 39.3 Å². The number of amides is 1. The van der Waals surface area contributed by atoms with Crippen LogP contribution in [0.2, 0.25) is 0 Å². The number of ether oxygens (including phenoxy) is 1. The Morgan fingerprint density at radius 3 is 2.49 bits per heavy atom. The molecule has 4 aromatic carbocycles. The van der Waals surface area contributed by atoms with Crippen LogP contribution < -0.4 is 10.1 Å². The monoisotopic (exact) mass is 489 g/mol. The van der Waals surface area contributed by atoms with Crippen LogP contribution in [-0.4, -0.2) is 15.7 Å². The van der Waals surface area contributed by atoms with Crippen molar-refractivity contribution in [3.8, 4) is 5.75 Å². The molecule has 0 radical (unpaired) electrons. The van der Waals surface area contributed by atoms with Gasteiger partial charge in [0.25, 0.3) is 5.91 Å². The highest BCUT2D eigenvalue weighted by molar-refractivity contribution is 6.04. The summed E-state index contributed by atoms with van der Waals surface area (Å²) in [5.74, 6) is 0.627. The van der Waals surface area contributed by atoms with Crippen LogP contribution in [0.4, 0.5) is 5.69 Å². The van der Waals surface area contributed by atoms with Crippen LogP contribution in [0.5, 0.6) is 5.75 Å². The second kappa shape index (κ2) is 10.3. The maximum atomic E-state index is 12.9. The van der Waals surface area contributed by atoms with E-state index in [2.05, 4.69) is 73.7 Å². The minimum Gasteiger partial charge on any atom is -0.489 e. The fraction of sp³-hybridized carbons (Fsp3) is 0.188. The highest BCUT2D eigenvalue weighted by atomic mass is 16.5. The Bertz CT molecular complexity index is 1520. The maximum absolute atomic E-state index is 12.9. The molecule has 5 heteroatoms. The van der Waals surface area contributed by atoms with Gasteiger partial charge in [-0.3, -0.25) is 9.48 Å². The zero-order valence-electron chi connectivity index (χ0n) is 21.4. The SMILES string of the molecule is CC(C)(C)c1ccc(OCc2cccc(C(=O)Nc3cnn(Cc4cccc5ccccc45)c3)c2)cc1. The third-order valence-electron chi connectivity index (χ3n) is 6.42. The van der Waals surface area contributed by atoms with E-state index in [9.17, 15) is 4.79 Å². The number of hydrogen-bond acceptors (Lipinski definition) is 3. The van der Waals surface area contributed by atoms with Crippen molar-refractivity contribution in [2.75, 3.05) is 5.32 Å². The smallest absolute Gasteiger partial charge is 0.255 e. The Labute approximate surface area is 217 Å². The summed E-state index contributed by atoms with van der Waals surface area (Å²) < 4.78 is 7.80. The van der Waals surface area contributed by atoms with Gasteiger partial charge < -0.3 is 10.1 Å². The fourth-order valence-electron chi connectivity index (χ4n) is 4.34. The Morgan fingerprint density at radius 2 is 1.68 bits per heavy atom. The van der Waals surface area contributed by atoms with Gasteiger partial charge in [0.15, 0.2) is 0 Å². The van der Waals surface area contributed by atoms with Crippen LogP contribution in [0, 0.1) is 0 Å². The molecule has 0 atom stereocenters. The minimum atomic E-state index is -0.180. The second-order valence-electron chi connectivity index (χ2n) is 10.3. The molecule has 5 aromatic rings. The lowest BCUT2D eigenvalue weighted by Crippen LogP contribution is -2.12. The first kappa shape index (κ1) is 24.3. The van der Waals surface area contributed by atoms with Gasteiger partial charge in [-0.1, -0.05) is 87.5 Å². The lowest BCUT2D eigenvalue weighted by Gasteiger charge is -2.19. The summed E-state index contributed by atoms with van der Waals surface area (Å²) in [7, 11) is 0. The molecule has 1 amide bonds. The van der Waals surface area contributed by atoms with E-state index in [0.29, 0.717) is 24.4 Å². The molecular formula is C32H31N3O2. The Morgan fingerprint density at radius 1 is 0.919 bits per heavy atom. The number of nitrogens with one attached hydrogen (secondary N) is 1. The van der Waals surface area contributed by atoms with Crippen molar-refractivity contribution < 1.29 is 9.53 Å². The molecule has 186 valence electrons. The van der Waals surface area contributed by atoms with E-state index in [1.165, 1.54) is 21.9 Å². The number of anilines is 1. The first-order valence-corrected chi connectivity index (χ1v) is 12.5. The third kappa shape index (κ3) is 5.89. The van der Waals surface area contributed by atoms with E-state index in [0.717, 1.165) is 11.3 Å². The van der Waals surface area contributed by atoms with Gasteiger partial charge in [-0.2, -0.15) is 5.10 Å². The van der Waals surface area contributed by atoms with Crippen LogP contribution >= 0.6 is 0 Å². The zero-order chi connectivity index (χ0) is 25.8. The average Bonchev–Trinajstić information content (AvgIpc) is 3.34. The number of carbonyl (C=O) groups excluding carboxylic acids is 1. The Kier molecular flexibility index (Phi) is 6.78. The lowest BCUT2D eigenvalue weighted by molar-refractivity contribution is 0.102. The van der Waals surface area contributed by atoms with Gasteiger partial charge in [-0.05, 0) is 57.1 Å². The van der Waals surface area contributed by atoms with Gasteiger partial charge in [0.05, 0.1) is 18.4 Å². The number of rotatable bonds is 7. The first-order chi connectivity index (χ1) is 17.8. The molecular weight excluding hydrogens is 458 g/mol. The summed E-state index contributed by atoms with van der Waals surface area (Å²) in [4.78, 5) is 12.9. The van der Waals surface area contributed by atoms with Crippen LogP contribution in [0.25, 0.3) is 10.8 Å². The van der Waals surface area contributed by atoms with Gasteiger partial charge in [0.2, 0.25) is 0 Å². The quantitative estimate of drug-likeness (QED) is 0.263. The molecule has 5 nitrogen and oxygen atoms in total. The number of carbonyl (C=O) groups is 1. The molecule has 5 rings (SSSR count). The molecule has 0 aliphatic heterocycles. The molecule has 0 aliphatic rings. The second-order valence-corrected chi connectivity index (χ2v) is 10.3. The highest BCUT2D eigenvalue weighted by Gasteiger charge is 2.13. The topological polar surface area (TPSA) is 56.1 Å². The summed E-state index contributed by atoms with van der Waals surface area (Å²) >= 11 is 0. The number of hydrogen-bond donors (Lipinski definition) is 1. The summed E-state index contributed by atoms with van der Waals surface area (Å²) in [6.07, 6.45) is 3.53. The average molecular weight is 490 g/mol. The third-order valence-corrected chi connectivity index (χ3v) is 6.42. The van der Waals surface area contributed by atoms with Gasteiger partial charge in [-0.15, -0.1) is 0 Å². The van der Waals surface area contributed by atoms with Crippen molar-refractivity contribution in [3.63, 3.8) is 0 Å². The molecule has 1 N–H and O–H groups in total. The standard InChI is InChI=1S/C32H31N3O2/c1-32(2,3)27-14-16-29(17-15-27)37-22-23-8-6-11-25(18-23)31(36)34-28-19-33-35(21-28)20-26-12-7-10-24-9-4-5-13-30(24)26/h4-19,21H,20,22H2,1-3H3,(H,34,36). The fourth-order valence-corrected chi connectivity index (χ4v) is 4.34. The Balaban J connectivity index is 1.21. The molecule has 0 aliphatic carbocycles. The summed E-state index contributed by atoms with van der Waals surface area (Å²) in [6.45, 7) is 7.58. The molecule has 0 bridgehead atoms. The molecule has 0 saturated heterocycles. The van der Waals surface area contributed by atoms with E-state index in [4.69, 9.17) is 4.74 Å². The zero-order valence-corrected chi connectivity index (χ0v) is 21.4. The normalized spacial score (nSPS) is 11.4. The van der Waals surface area contributed by atoms with Gasteiger partial charge >= 0.3 is 0 Å². The Hall–Kier alpha value is -4.38. The van der Waals surface area contributed by atoms with E-state index in [1.54, 1.807) is 12.3 Å². The lowest BCUT2D eigenvalue weighted by atomic mass is 9.87. The number of benzene rings is 4. The van der Waals surface area contributed by atoms with Crippen molar-refractivity contribution in [3.05, 3.63) is 126 Å². The van der Waals surface area contributed by atoms with Gasteiger partial charge in [0, 0.05) is 11.8 Å². The number of aromatic nitrogens is 2. The summed E-state index contributed by atoms with van der Waals surface area (Å²) in [5, 5.41) is 9.81. The van der Waals surface area contributed by atoms with Crippen molar-refractivity contribution in [1.29, 1.82) is 0 Å². The van der Waals surface area contributed by atoms with Gasteiger partial charge in [0.1, 0.15) is 12.4 Å². The molecule has 37 heavy (non-hydrogen) atoms. The van der Waals surface area contributed by atoms with E-state index in [-0.39, 0.29) is 11.3 Å². The van der Waals surface area contributed by atoms with E-state index in [1.807, 2.05) is 53.3 Å². The van der Waals surface area contributed by atoms with Crippen LogP contribution in [0.1, 0.15) is 47.8 Å². The van der Waals surface area contributed by atoms with Crippen LogP contribution in [0.3, 0.4) is 0 Å². The first-order valence-electron chi connectivity index (χ1n) is 12.5. The largest absolute Gasteiger partial charge is 0.489 e. The predicted molar refractivity (Wildman–Crippen MR) is 149 cm³/mol. The van der Waals surface area contributed by atoms with E-state index < -0.39 is 0 Å².